The molecule has 0 fully saturated rings. The molecule has 1 aromatic rings. The highest BCUT2D eigenvalue weighted by Crippen LogP contribution is 2.25. The van der Waals surface area contributed by atoms with Crippen LogP contribution < -0.4 is 4.89 Å². The van der Waals surface area contributed by atoms with Crippen LogP contribution in [0.3, 0.4) is 0 Å². The molecule has 16 heavy (non-hydrogen) atoms. The van der Waals surface area contributed by atoms with Crippen LogP contribution in [0.4, 0.5) is 0 Å². The normalized spacial score (nSPS) is 19.3. The number of nitrogens with zero attached hydrogens (tertiary/aromatic N) is 1. The van der Waals surface area contributed by atoms with E-state index < -0.39 is 0 Å². The van der Waals surface area contributed by atoms with Gasteiger partial charge in [-0.25, -0.2) is 0 Å². The lowest BCUT2D eigenvalue weighted by Gasteiger charge is -2.28. The summed E-state index contributed by atoms with van der Waals surface area (Å²) in [7, 11) is 0. The second-order valence-corrected chi connectivity index (χ2v) is 4.10. The van der Waals surface area contributed by atoms with Crippen LogP contribution in [0.5, 0.6) is 5.75 Å². The van der Waals surface area contributed by atoms with Crippen LogP contribution in [-0.4, -0.2) is 30.6 Å². The Morgan fingerprint density at radius 1 is 1.25 bits per heavy atom. The average Bonchev–Trinajstić information content (AvgIpc) is 2.35. The smallest absolute Gasteiger partial charge is 0.168 e. The summed E-state index contributed by atoms with van der Waals surface area (Å²) in [6, 6.07) is 8.06. The molecule has 1 aromatic carbocycles. The van der Waals surface area contributed by atoms with Gasteiger partial charge in [-0.15, -0.1) is 0 Å². The molecule has 0 radical (unpaired) electrons. The maximum atomic E-state index is 5.40. The molecule has 1 aliphatic heterocycles. The fraction of sp³-hybridized carbons (Fsp3) is 0.538. The average molecular weight is 221 g/mol. The Balaban J connectivity index is 1.97. The van der Waals surface area contributed by atoms with Crippen molar-refractivity contribution in [2.75, 3.05) is 19.6 Å². The number of hydrogen-bond donors (Lipinski definition) is 0. The standard InChI is InChI=1S/C13H19NO2/c1-3-14(4-2)10-12-9-11-7-5-6-8-13(11)16-15-12/h5-8,12H,3-4,9-10H2,1-2H3. The molecule has 3 nitrogen and oxygen atoms in total. The van der Waals surface area contributed by atoms with E-state index in [1.807, 2.05) is 18.2 Å². The van der Waals surface area contributed by atoms with Gasteiger partial charge in [0.1, 0.15) is 6.10 Å². The Morgan fingerprint density at radius 2 is 2.00 bits per heavy atom. The first-order valence-electron chi connectivity index (χ1n) is 5.97. The Hall–Kier alpha value is -1.06. The summed E-state index contributed by atoms with van der Waals surface area (Å²) in [6.07, 6.45) is 1.09. The summed E-state index contributed by atoms with van der Waals surface area (Å²) in [5.41, 5.74) is 1.24. The summed E-state index contributed by atoms with van der Waals surface area (Å²) in [5, 5.41) is 0. The van der Waals surface area contributed by atoms with E-state index >= 15 is 0 Å². The predicted octanol–water partition coefficient (Wildman–Crippen LogP) is 2.26. The van der Waals surface area contributed by atoms with Crippen molar-refractivity contribution >= 4 is 0 Å². The Bertz CT molecular complexity index is 336. The monoisotopic (exact) mass is 221 g/mol. The number of fused-ring (bicyclic) bond motifs is 1. The van der Waals surface area contributed by atoms with Gasteiger partial charge in [0.2, 0.25) is 0 Å². The molecular weight excluding hydrogens is 202 g/mol. The number of para-hydroxylation sites is 1. The predicted molar refractivity (Wildman–Crippen MR) is 63.4 cm³/mol. The van der Waals surface area contributed by atoms with Crippen LogP contribution in [0.25, 0.3) is 0 Å². The summed E-state index contributed by atoms with van der Waals surface area (Å²) in [4.78, 5) is 13.0. The third-order valence-electron chi connectivity index (χ3n) is 3.05. The Morgan fingerprint density at radius 3 is 2.75 bits per heavy atom. The first-order chi connectivity index (χ1) is 7.83. The molecule has 0 N–H and O–H groups in total. The first kappa shape index (κ1) is 11.4. The maximum absolute atomic E-state index is 5.40. The number of rotatable bonds is 4. The van der Waals surface area contributed by atoms with Crippen LogP contribution in [0.1, 0.15) is 19.4 Å². The van der Waals surface area contributed by atoms with Gasteiger partial charge in [-0.1, -0.05) is 32.0 Å². The molecule has 0 spiro atoms. The molecule has 1 heterocycles. The lowest BCUT2D eigenvalue weighted by Crippen LogP contribution is -2.37. The van der Waals surface area contributed by atoms with Crippen molar-refractivity contribution in [3.8, 4) is 5.75 Å². The van der Waals surface area contributed by atoms with Gasteiger partial charge in [-0.3, -0.25) is 0 Å². The van der Waals surface area contributed by atoms with Crippen molar-refractivity contribution in [3.63, 3.8) is 0 Å². The number of likely N-dealkylation sites (N-methyl/N-ethyl adjacent to an activating group) is 1. The first-order valence-corrected chi connectivity index (χ1v) is 5.97. The maximum Gasteiger partial charge on any atom is 0.168 e. The SMILES string of the molecule is CCN(CC)CC1Cc2ccccc2OO1. The van der Waals surface area contributed by atoms with Crippen molar-refractivity contribution in [3.05, 3.63) is 29.8 Å². The van der Waals surface area contributed by atoms with Crippen LogP contribution >= 0.6 is 0 Å². The Kier molecular flexibility index (Phi) is 3.80. The molecule has 1 aliphatic rings. The highest BCUT2D eigenvalue weighted by molar-refractivity contribution is 5.34. The summed E-state index contributed by atoms with van der Waals surface area (Å²) >= 11 is 0. The summed E-state index contributed by atoms with van der Waals surface area (Å²) in [5.74, 6) is 0.860. The van der Waals surface area contributed by atoms with E-state index in [1.54, 1.807) is 0 Å². The van der Waals surface area contributed by atoms with Gasteiger partial charge in [0.15, 0.2) is 5.75 Å². The molecule has 0 saturated carbocycles. The molecular formula is C13H19NO2. The van der Waals surface area contributed by atoms with E-state index in [9.17, 15) is 0 Å². The molecule has 0 amide bonds. The van der Waals surface area contributed by atoms with Crippen molar-refractivity contribution in [1.29, 1.82) is 0 Å². The molecule has 3 heteroatoms. The molecule has 0 aliphatic carbocycles. The van der Waals surface area contributed by atoms with Gasteiger partial charge >= 0.3 is 0 Å². The van der Waals surface area contributed by atoms with Crippen molar-refractivity contribution in [2.45, 2.75) is 26.4 Å². The molecule has 1 atom stereocenters. The fourth-order valence-corrected chi connectivity index (χ4v) is 2.02. The minimum atomic E-state index is 0.148. The topological polar surface area (TPSA) is 21.7 Å². The van der Waals surface area contributed by atoms with Crippen LogP contribution in [0, 0.1) is 0 Å². The van der Waals surface area contributed by atoms with E-state index in [2.05, 4.69) is 24.8 Å². The van der Waals surface area contributed by atoms with E-state index in [-0.39, 0.29) is 6.10 Å². The molecule has 0 saturated heterocycles. The lowest BCUT2D eigenvalue weighted by molar-refractivity contribution is -0.257. The van der Waals surface area contributed by atoms with Gasteiger partial charge in [0.05, 0.1) is 0 Å². The molecule has 88 valence electrons. The summed E-state index contributed by atoms with van der Waals surface area (Å²) in [6.45, 7) is 7.37. The van der Waals surface area contributed by atoms with Crippen LogP contribution in [0.15, 0.2) is 24.3 Å². The van der Waals surface area contributed by atoms with Crippen molar-refractivity contribution in [2.24, 2.45) is 0 Å². The van der Waals surface area contributed by atoms with E-state index in [4.69, 9.17) is 9.78 Å². The number of hydrogen-bond acceptors (Lipinski definition) is 3. The quantitative estimate of drug-likeness (QED) is 0.728. The fourth-order valence-electron chi connectivity index (χ4n) is 2.02. The Labute approximate surface area is 96.9 Å². The van der Waals surface area contributed by atoms with Gasteiger partial charge in [0.25, 0.3) is 0 Å². The van der Waals surface area contributed by atoms with Crippen LogP contribution in [-0.2, 0) is 11.3 Å². The van der Waals surface area contributed by atoms with Gasteiger partial charge in [-0.05, 0) is 19.2 Å². The molecule has 1 unspecified atom stereocenters. The number of benzene rings is 1. The minimum absolute atomic E-state index is 0.148. The van der Waals surface area contributed by atoms with E-state index in [1.165, 1.54) is 5.56 Å². The van der Waals surface area contributed by atoms with Crippen molar-refractivity contribution in [1.82, 2.24) is 4.90 Å². The third kappa shape index (κ3) is 2.54. The van der Waals surface area contributed by atoms with Crippen molar-refractivity contribution < 1.29 is 9.78 Å². The van der Waals surface area contributed by atoms with Gasteiger partial charge < -0.3 is 9.79 Å². The highest BCUT2D eigenvalue weighted by atomic mass is 17.2. The second-order valence-electron chi connectivity index (χ2n) is 4.10. The zero-order chi connectivity index (χ0) is 11.4. The third-order valence-corrected chi connectivity index (χ3v) is 3.05. The largest absolute Gasteiger partial charge is 0.337 e. The molecule has 0 bridgehead atoms. The van der Waals surface area contributed by atoms with Gasteiger partial charge in [-0.2, -0.15) is 4.89 Å². The molecule has 2 rings (SSSR count). The highest BCUT2D eigenvalue weighted by Gasteiger charge is 2.22. The van der Waals surface area contributed by atoms with Crippen LogP contribution in [0.2, 0.25) is 0 Å². The summed E-state index contributed by atoms with van der Waals surface area (Å²) < 4.78 is 0. The zero-order valence-corrected chi connectivity index (χ0v) is 9.98. The zero-order valence-electron chi connectivity index (χ0n) is 9.98. The second kappa shape index (κ2) is 5.32. The molecule has 0 aromatic heterocycles. The van der Waals surface area contributed by atoms with E-state index in [0.717, 1.165) is 31.8 Å². The van der Waals surface area contributed by atoms with Gasteiger partial charge in [0, 0.05) is 18.5 Å². The van der Waals surface area contributed by atoms with E-state index in [0.29, 0.717) is 0 Å². The lowest BCUT2D eigenvalue weighted by atomic mass is 10.1. The minimum Gasteiger partial charge on any atom is -0.337 e.